The quantitative estimate of drug-likeness (QED) is 0.561. The minimum absolute atomic E-state index is 0.120. The molecule has 1 aromatic carbocycles. The number of H-pyrrole nitrogens is 1. The van der Waals surface area contributed by atoms with Crippen LogP contribution in [0.25, 0.3) is 11.2 Å². The highest BCUT2D eigenvalue weighted by Gasteiger charge is 2.25. The lowest BCUT2D eigenvalue weighted by Crippen LogP contribution is -2.09. The highest BCUT2D eigenvalue weighted by Crippen LogP contribution is 2.39. The Labute approximate surface area is 154 Å². The summed E-state index contributed by atoms with van der Waals surface area (Å²) in [6.07, 6.45) is 2.44. The zero-order valence-electron chi connectivity index (χ0n) is 14.7. The molecule has 1 aliphatic carbocycles. The number of fused-ring (bicyclic) bond motifs is 1. The van der Waals surface area contributed by atoms with Crippen molar-refractivity contribution in [2.24, 2.45) is 0 Å². The van der Waals surface area contributed by atoms with Crippen molar-refractivity contribution >= 4 is 22.8 Å². The van der Waals surface area contributed by atoms with E-state index in [1.165, 1.54) is 25.0 Å². The molecule has 27 heavy (non-hydrogen) atoms. The van der Waals surface area contributed by atoms with E-state index in [0.717, 1.165) is 17.1 Å². The van der Waals surface area contributed by atoms with Crippen molar-refractivity contribution in [2.75, 3.05) is 5.32 Å². The zero-order chi connectivity index (χ0) is 18.4. The Kier molecular flexibility index (Phi) is 3.63. The van der Waals surface area contributed by atoms with E-state index in [1.807, 2.05) is 25.1 Å². The van der Waals surface area contributed by atoms with Crippen molar-refractivity contribution in [1.82, 2.24) is 30.2 Å². The van der Waals surface area contributed by atoms with Gasteiger partial charge in [-0.2, -0.15) is 5.10 Å². The molecule has 0 amide bonds. The van der Waals surface area contributed by atoms with Gasteiger partial charge in [-0.15, -0.1) is 5.10 Å². The minimum Gasteiger partial charge on any atom is -0.323 e. The van der Waals surface area contributed by atoms with Gasteiger partial charge in [-0.05, 0) is 49.6 Å². The molecular formula is C19H18FN7. The number of anilines is 2. The molecular weight excluding hydrogens is 345 g/mol. The molecule has 0 bridgehead atoms. The average Bonchev–Trinajstić information content (AvgIpc) is 3.28. The van der Waals surface area contributed by atoms with Crippen LogP contribution in [0.5, 0.6) is 0 Å². The molecule has 7 nitrogen and oxygen atoms in total. The van der Waals surface area contributed by atoms with Gasteiger partial charge in [0.25, 0.3) is 0 Å². The first-order valence-corrected chi connectivity index (χ1v) is 8.97. The number of hydrogen-bond acceptors (Lipinski definition) is 5. The van der Waals surface area contributed by atoms with Crippen LogP contribution in [0.3, 0.4) is 0 Å². The van der Waals surface area contributed by atoms with Crippen molar-refractivity contribution < 1.29 is 4.39 Å². The van der Waals surface area contributed by atoms with Gasteiger partial charge >= 0.3 is 0 Å². The second kappa shape index (κ2) is 6.15. The van der Waals surface area contributed by atoms with E-state index in [-0.39, 0.29) is 11.9 Å². The Bertz CT molecular complexity index is 1090. The van der Waals surface area contributed by atoms with E-state index in [4.69, 9.17) is 0 Å². The van der Waals surface area contributed by atoms with Crippen LogP contribution in [0, 0.1) is 5.82 Å². The normalized spacial score (nSPS) is 15.2. The van der Waals surface area contributed by atoms with Crippen molar-refractivity contribution in [1.29, 1.82) is 0 Å². The van der Waals surface area contributed by atoms with E-state index >= 15 is 0 Å². The predicted octanol–water partition coefficient (Wildman–Crippen LogP) is 3.92. The van der Waals surface area contributed by atoms with Crippen LogP contribution >= 0.6 is 0 Å². The van der Waals surface area contributed by atoms with E-state index in [9.17, 15) is 4.39 Å². The first-order valence-electron chi connectivity index (χ1n) is 8.97. The Morgan fingerprint density at radius 1 is 1.15 bits per heavy atom. The van der Waals surface area contributed by atoms with Gasteiger partial charge in [-0.25, -0.2) is 14.1 Å². The molecule has 8 heteroatoms. The van der Waals surface area contributed by atoms with Gasteiger partial charge < -0.3 is 5.32 Å². The standard InChI is InChI=1S/C19H18FN7/c1-11(12-4-6-14(20)7-5-12)27-19-15(24-26-27)8-9-17(22-19)21-18-10-16(23-25-18)13-2-3-13/h4-11,13H,2-3H2,1H3,(H2,21,22,23,25)/t11-/m0/s1. The predicted molar refractivity (Wildman–Crippen MR) is 99.4 cm³/mol. The molecule has 2 N–H and O–H groups in total. The lowest BCUT2D eigenvalue weighted by atomic mass is 10.1. The number of rotatable bonds is 5. The number of hydrogen-bond donors (Lipinski definition) is 2. The van der Waals surface area contributed by atoms with Crippen LogP contribution in [-0.4, -0.2) is 30.2 Å². The van der Waals surface area contributed by atoms with Gasteiger partial charge in [-0.1, -0.05) is 17.3 Å². The fraction of sp³-hybridized carbons (Fsp3) is 0.263. The Hall–Kier alpha value is -3.29. The number of aromatic amines is 1. The summed E-state index contributed by atoms with van der Waals surface area (Å²) in [6.45, 7) is 1.98. The van der Waals surface area contributed by atoms with Gasteiger partial charge in [0.2, 0.25) is 0 Å². The first-order chi connectivity index (χ1) is 13.2. The molecule has 3 aromatic heterocycles. The van der Waals surface area contributed by atoms with Crippen LogP contribution in [0.1, 0.15) is 43.0 Å². The minimum atomic E-state index is -0.261. The van der Waals surface area contributed by atoms with Crippen molar-refractivity contribution in [2.45, 2.75) is 31.7 Å². The number of nitrogens with one attached hydrogen (secondary N) is 2. The smallest absolute Gasteiger partial charge is 0.181 e. The summed E-state index contributed by atoms with van der Waals surface area (Å²) in [5.74, 6) is 1.77. The molecule has 3 heterocycles. The molecule has 4 aromatic rings. The lowest BCUT2D eigenvalue weighted by Gasteiger charge is -2.12. The second-order valence-corrected chi connectivity index (χ2v) is 6.91. The number of nitrogens with zero attached hydrogens (tertiary/aromatic N) is 5. The molecule has 1 saturated carbocycles. The average molecular weight is 363 g/mol. The Morgan fingerprint density at radius 3 is 2.74 bits per heavy atom. The Balaban J connectivity index is 1.45. The monoisotopic (exact) mass is 363 g/mol. The molecule has 1 aliphatic rings. The van der Waals surface area contributed by atoms with Gasteiger partial charge in [-0.3, -0.25) is 5.10 Å². The molecule has 5 rings (SSSR count). The highest BCUT2D eigenvalue weighted by molar-refractivity contribution is 5.73. The topological polar surface area (TPSA) is 84.3 Å². The second-order valence-electron chi connectivity index (χ2n) is 6.91. The van der Waals surface area contributed by atoms with Crippen LogP contribution in [0.4, 0.5) is 16.0 Å². The van der Waals surface area contributed by atoms with E-state index in [2.05, 4.69) is 30.8 Å². The molecule has 136 valence electrons. The van der Waals surface area contributed by atoms with Crippen molar-refractivity contribution in [3.63, 3.8) is 0 Å². The van der Waals surface area contributed by atoms with Crippen LogP contribution in [0.15, 0.2) is 42.5 Å². The lowest BCUT2D eigenvalue weighted by molar-refractivity contribution is 0.553. The number of halogens is 1. The van der Waals surface area contributed by atoms with E-state index in [0.29, 0.717) is 22.9 Å². The SMILES string of the molecule is C[C@@H](c1ccc(F)cc1)n1nnc2ccc(Nc3cc(C4CC4)[nH]n3)nc21. The van der Waals surface area contributed by atoms with Crippen LogP contribution < -0.4 is 5.32 Å². The summed E-state index contributed by atoms with van der Waals surface area (Å²) in [7, 11) is 0. The van der Waals surface area contributed by atoms with Gasteiger partial charge in [0, 0.05) is 17.7 Å². The summed E-state index contributed by atoms with van der Waals surface area (Å²) in [5.41, 5.74) is 3.46. The van der Waals surface area contributed by atoms with E-state index in [1.54, 1.807) is 16.8 Å². The van der Waals surface area contributed by atoms with Crippen molar-refractivity contribution in [3.8, 4) is 0 Å². The summed E-state index contributed by atoms with van der Waals surface area (Å²) in [6, 6.07) is 12.0. The summed E-state index contributed by atoms with van der Waals surface area (Å²) in [5, 5.41) is 19.0. The van der Waals surface area contributed by atoms with Crippen LogP contribution in [-0.2, 0) is 0 Å². The summed E-state index contributed by atoms with van der Waals surface area (Å²) < 4.78 is 14.9. The Morgan fingerprint density at radius 2 is 1.96 bits per heavy atom. The summed E-state index contributed by atoms with van der Waals surface area (Å²) >= 11 is 0. The van der Waals surface area contributed by atoms with Crippen molar-refractivity contribution in [3.05, 3.63) is 59.5 Å². The molecule has 0 unspecified atom stereocenters. The molecule has 0 saturated heterocycles. The molecule has 0 aliphatic heterocycles. The fourth-order valence-corrected chi connectivity index (χ4v) is 3.17. The van der Waals surface area contributed by atoms with Crippen LogP contribution in [0.2, 0.25) is 0 Å². The summed E-state index contributed by atoms with van der Waals surface area (Å²) in [4.78, 5) is 4.66. The third kappa shape index (κ3) is 3.03. The molecule has 0 radical (unpaired) electrons. The first kappa shape index (κ1) is 15.9. The number of benzene rings is 1. The third-order valence-corrected chi connectivity index (χ3v) is 4.91. The van der Waals surface area contributed by atoms with Gasteiger partial charge in [0.1, 0.15) is 17.2 Å². The maximum atomic E-state index is 13.2. The maximum absolute atomic E-state index is 13.2. The highest BCUT2D eigenvalue weighted by atomic mass is 19.1. The number of pyridine rings is 1. The molecule has 1 fully saturated rings. The zero-order valence-corrected chi connectivity index (χ0v) is 14.7. The van der Waals surface area contributed by atoms with Gasteiger partial charge in [0.05, 0.1) is 6.04 Å². The van der Waals surface area contributed by atoms with E-state index < -0.39 is 0 Å². The number of aromatic nitrogens is 6. The van der Waals surface area contributed by atoms with Gasteiger partial charge in [0.15, 0.2) is 11.5 Å². The third-order valence-electron chi connectivity index (χ3n) is 4.91. The molecule has 1 atom stereocenters. The molecule has 0 spiro atoms. The maximum Gasteiger partial charge on any atom is 0.181 e. The fourth-order valence-electron chi connectivity index (χ4n) is 3.17. The largest absolute Gasteiger partial charge is 0.323 e.